The predicted octanol–water partition coefficient (Wildman–Crippen LogP) is 4.31. The van der Waals surface area contributed by atoms with Crippen molar-refractivity contribution in [3.05, 3.63) is 35.4 Å². The molecule has 1 atom stereocenters. The molecule has 1 rings (SSSR count). The summed E-state index contributed by atoms with van der Waals surface area (Å²) in [4.78, 5) is 0. The number of hydrogen-bond acceptors (Lipinski definition) is 1. The fraction of sp³-hybridized carbons (Fsp3) is 0.625. The van der Waals surface area contributed by atoms with Crippen LogP contribution >= 0.6 is 0 Å². The number of hydrogen-bond donors (Lipinski definition) is 1. The maximum absolute atomic E-state index is 13.7. The second kappa shape index (κ2) is 6.99. The van der Waals surface area contributed by atoms with Crippen molar-refractivity contribution in [2.45, 2.75) is 53.0 Å². The molecular formula is C16H25F2N. The van der Waals surface area contributed by atoms with E-state index in [-0.39, 0.29) is 17.0 Å². The standard InChI is InChI=1S/C16H25F2N/c1-5-8-19-12(2)10-16(3,4)11-13-9-14(17)6-7-15(13)18/h6-7,9,12,19H,5,8,10-11H2,1-4H3. The average Bonchev–Trinajstić information content (AvgIpc) is 2.30. The molecular weight excluding hydrogens is 244 g/mol. The van der Waals surface area contributed by atoms with Gasteiger partial charge in [0.15, 0.2) is 0 Å². The van der Waals surface area contributed by atoms with E-state index >= 15 is 0 Å². The molecule has 0 aromatic heterocycles. The van der Waals surface area contributed by atoms with Crippen molar-refractivity contribution in [1.82, 2.24) is 5.32 Å². The van der Waals surface area contributed by atoms with Crippen molar-refractivity contribution in [2.75, 3.05) is 6.54 Å². The first-order chi connectivity index (χ1) is 8.84. The summed E-state index contributed by atoms with van der Waals surface area (Å²) < 4.78 is 26.8. The van der Waals surface area contributed by atoms with E-state index in [1.807, 2.05) is 0 Å². The van der Waals surface area contributed by atoms with Crippen molar-refractivity contribution in [1.29, 1.82) is 0 Å². The summed E-state index contributed by atoms with van der Waals surface area (Å²) in [5.41, 5.74) is 0.405. The van der Waals surface area contributed by atoms with Gasteiger partial charge in [0.1, 0.15) is 11.6 Å². The third-order valence-electron chi connectivity index (χ3n) is 3.28. The van der Waals surface area contributed by atoms with Crippen molar-refractivity contribution in [3.8, 4) is 0 Å². The summed E-state index contributed by atoms with van der Waals surface area (Å²) in [5.74, 6) is -0.687. The van der Waals surface area contributed by atoms with E-state index in [9.17, 15) is 8.78 Å². The van der Waals surface area contributed by atoms with Gasteiger partial charge in [-0.25, -0.2) is 8.78 Å². The Morgan fingerprint density at radius 1 is 1.26 bits per heavy atom. The Bertz CT molecular complexity index is 402. The molecule has 1 nitrogen and oxygen atoms in total. The summed E-state index contributed by atoms with van der Waals surface area (Å²) in [6.45, 7) is 9.46. The van der Waals surface area contributed by atoms with Gasteiger partial charge in [-0.1, -0.05) is 20.8 Å². The van der Waals surface area contributed by atoms with Crippen molar-refractivity contribution in [3.63, 3.8) is 0 Å². The molecule has 1 aromatic rings. The van der Waals surface area contributed by atoms with Gasteiger partial charge in [-0.05, 0) is 61.9 Å². The lowest BCUT2D eigenvalue weighted by Crippen LogP contribution is -2.32. The summed E-state index contributed by atoms with van der Waals surface area (Å²) in [7, 11) is 0. The van der Waals surface area contributed by atoms with Gasteiger partial charge in [0, 0.05) is 6.04 Å². The van der Waals surface area contributed by atoms with Crippen molar-refractivity contribution in [2.24, 2.45) is 5.41 Å². The average molecular weight is 269 g/mol. The van der Waals surface area contributed by atoms with Gasteiger partial charge in [0.2, 0.25) is 0 Å². The van der Waals surface area contributed by atoms with Crippen LogP contribution in [0.5, 0.6) is 0 Å². The molecule has 0 spiro atoms. The minimum absolute atomic E-state index is 0.0607. The van der Waals surface area contributed by atoms with E-state index in [4.69, 9.17) is 0 Å². The van der Waals surface area contributed by atoms with E-state index in [1.54, 1.807) is 0 Å². The van der Waals surface area contributed by atoms with Gasteiger partial charge in [-0.3, -0.25) is 0 Å². The number of benzene rings is 1. The van der Waals surface area contributed by atoms with Crippen molar-refractivity contribution < 1.29 is 8.78 Å². The minimum atomic E-state index is -0.371. The lowest BCUT2D eigenvalue weighted by molar-refractivity contribution is 0.283. The van der Waals surface area contributed by atoms with Crippen LogP contribution in [0.3, 0.4) is 0 Å². The normalized spacial score (nSPS) is 13.6. The Balaban J connectivity index is 2.65. The van der Waals surface area contributed by atoms with Crippen LogP contribution in [-0.4, -0.2) is 12.6 Å². The predicted molar refractivity (Wildman–Crippen MR) is 76.2 cm³/mol. The molecule has 1 aromatic carbocycles. The van der Waals surface area contributed by atoms with Gasteiger partial charge in [0.05, 0.1) is 0 Å². The van der Waals surface area contributed by atoms with Crippen molar-refractivity contribution >= 4 is 0 Å². The van der Waals surface area contributed by atoms with Crippen LogP contribution in [0, 0.1) is 17.0 Å². The van der Waals surface area contributed by atoms with Gasteiger partial charge in [0.25, 0.3) is 0 Å². The molecule has 0 heterocycles. The first-order valence-corrected chi connectivity index (χ1v) is 7.01. The minimum Gasteiger partial charge on any atom is -0.314 e. The van der Waals surface area contributed by atoms with E-state index < -0.39 is 0 Å². The Morgan fingerprint density at radius 2 is 1.95 bits per heavy atom. The Kier molecular flexibility index (Phi) is 5.92. The smallest absolute Gasteiger partial charge is 0.126 e. The molecule has 0 bridgehead atoms. The van der Waals surface area contributed by atoms with Gasteiger partial charge in [-0.2, -0.15) is 0 Å². The molecule has 1 unspecified atom stereocenters. The van der Waals surface area contributed by atoms with Crippen LogP contribution in [0.1, 0.15) is 46.1 Å². The zero-order chi connectivity index (χ0) is 14.5. The van der Waals surface area contributed by atoms with E-state index in [0.29, 0.717) is 18.0 Å². The lowest BCUT2D eigenvalue weighted by atomic mass is 9.80. The fourth-order valence-corrected chi connectivity index (χ4v) is 2.56. The molecule has 0 saturated carbocycles. The fourth-order valence-electron chi connectivity index (χ4n) is 2.56. The molecule has 0 radical (unpaired) electrons. The van der Waals surface area contributed by atoms with Crippen LogP contribution in [0.2, 0.25) is 0 Å². The zero-order valence-corrected chi connectivity index (χ0v) is 12.4. The van der Waals surface area contributed by atoms with Crippen LogP contribution < -0.4 is 5.32 Å². The summed E-state index contributed by atoms with van der Waals surface area (Å²) in [6, 6.07) is 4.06. The molecule has 0 aliphatic carbocycles. The first kappa shape index (κ1) is 16.1. The number of halogens is 2. The topological polar surface area (TPSA) is 12.0 Å². The van der Waals surface area contributed by atoms with Crippen LogP contribution in [-0.2, 0) is 6.42 Å². The molecule has 0 aliphatic rings. The van der Waals surface area contributed by atoms with Crippen LogP contribution in [0.15, 0.2) is 18.2 Å². The van der Waals surface area contributed by atoms with Crippen LogP contribution in [0.4, 0.5) is 8.78 Å². The lowest BCUT2D eigenvalue weighted by Gasteiger charge is -2.29. The van der Waals surface area contributed by atoms with Crippen LogP contribution in [0.25, 0.3) is 0 Å². The quantitative estimate of drug-likeness (QED) is 0.777. The van der Waals surface area contributed by atoms with Gasteiger partial charge < -0.3 is 5.32 Å². The number of rotatable bonds is 7. The van der Waals surface area contributed by atoms with Gasteiger partial charge in [-0.15, -0.1) is 0 Å². The molecule has 3 heteroatoms. The Labute approximate surface area is 115 Å². The van der Waals surface area contributed by atoms with E-state index in [2.05, 4.69) is 33.0 Å². The molecule has 0 aliphatic heterocycles. The number of nitrogens with one attached hydrogen (secondary N) is 1. The maximum atomic E-state index is 13.7. The highest BCUT2D eigenvalue weighted by molar-refractivity contribution is 5.20. The highest BCUT2D eigenvalue weighted by Gasteiger charge is 2.23. The Hall–Kier alpha value is -0.960. The highest BCUT2D eigenvalue weighted by atomic mass is 19.1. The second-order valence-electron chi connectivity index (χ2n) is 6.14. The first-order valence-electron chi connectivity index (χ1n) is 7.01. The van der Waals surface area contributed by atoms with Gasteiger partial charge >= 0.3 is 0 Å². The molecule has 19 heavy (non-hydrogen) atoms. The summed E-state index contributed by atoms with van der Waals surface area (Å²) in [5, 5.41) is 3.43. The third kappa shape index (κ3) is 5.68. The van der Waals surface area contributed by atoms with E-state index in [0.717, 1.165) is 25.5 Å². The van der Waals surface area contributed by atoms with E-state index in [1.165, 1.54) is 12.1 Å². The molecule has 0 fully saturated rings. The summed E-state index contributed by atoms with van der Waals surface area (Å²) >= 11 is 0. The highest BCUT2D eigenvalue weighted by Crippen LogP contribution is 2.28. The third-order valence-corrected chi connectivity index (χ3v) is 3.28. The largest absolute Gasteiger partial charge is 0.314 e. The maximum Gasteiger partial charge on any atom is 0.126 e. The SMILES string of the molecule is CCCNC(C)CC(C)(C)Cc1cc(F)ccc1F. The Morgan fingerprint density at radius 3 is 2.58 bits per heavy atom. The molecule has 1 N–H and O–H groups in total. The zero-order valence-electron chi connectivity index (χ0n) is 12.4. The summed E-state index contributed by atoms with van der Waals surface area (Å²) in [6.07, 6.45) is 2.58. The molecule has 0 amide bonds. The molecule has 108 valence electrons. The second-order valence-corrected chi connectivity index (χ2v) is 6.14. The molecule has 0 saturated heterocycles. The monoisotopic (exact) mass is 269 g/mol.